The molecule has 1 aromatic heterocycles. The number of carboxylic acids is 1. The van der Waals surface area contributed by atoms with Gasteiger partial charge in [-0.05, 0) is 18.2 Å². The third-order valence-electron chi connectivity index (χ3n) is 2.37. The summed E-state index contributed by atoms with van der Waals surface area (Å²) in [6.45, 7) is 0. The Hall–Kier alpha value is -2.34. The third-order valence-corrected chi connectivity index (χ3v) is 2.69. The lowest BCUT2D eigenvalue weighted by Gasteiger charge is -2.10. The average molecular weight is 282 g/mol. The molecule has 0 radical (unpaired) electrons. The molecule has 0 fully saturated rings. The van der Waals surface area contributed by atoms with Gasteiger partial charge in [0.05, 0.1) is 22.0 Å². The number of nitrogens with one attached hydrogen (secondary N) is 1. The molecular weight excluding hydrogens is 273 g/mol. The highest BCUT2D eigenvalue weighted by Crippen LogP contribution is 2.29. The standard InChI is InChI=1S/C12H9ClFN3O2/c13-7-2-1-3-8(14)10(7)17-11-9(15)4-6(5-16-11)12(18)19/h1-5H,15H2,(H,16,17)(H,18,19). The number of anilines is 3. The number of aromatic nitrogens is 1. The number of pyridine rings is 1. The van der Waals surface area contributed by atoms with Crippen molar-refractivity contribution in [2.24, 2.45) is 0 Å². The summed E-state index contributed by atoms with van der Waals surface area (Å²) in [4.78, 5) is 14.6. The fourth-order valence-electron chi connectivity index (χ4n) is 1.44. The second kappa shape index (κ2) is 5.11. The molecule has 1 aromatic carbocycles. The first kappa shape index (κ1) is 13.1. The molecule has 0 atom stereocenters. The highest BCUT2D eigenvalue weighted by Gasteiger charge is 2.11. The molecule has 1 heterocycles. The van der Waals surface area contributed by atoms with Gasteiger partial charge in [0.2, 0.25) is 0 Å². The lowest BCUT2D eigenvalue weighted by molar-refractivity contribution is 0.0696. The van der Waals surface area contributed by atoms with Gasteiger partial charge in [-0.25, -0.2) is 14.2 Å². The maximum Gasteiger partial charge on any atom is 0.337 e. The summed E-state index contributed by atoms with van der Waals surface area (Å²) < 4.78 is 13.6. The number of halogens is 2. The number of aromatic carboxylic acids is 1. The van der Waals surface area contributed by atoms with Gasteiger partial charge in [-0.2, -0.15) is 0 Å². The Kier molecular flexibility index (Phi) is 3.52. The van der Waals surface area contributed by atoms with Crippen LogP contribution in [-0.4, -0.2) is 16.1 Å². The molecule has 0 amide bonds. The summed E-state index contributed by atoms with van der Waals surface area (Å²) in [7, 11) is 0. The van der Waals surface area contributed by atoms with Crippen molar-refractivity contribution in [1.29, 1.82) is 0 Å². The number of para-hydroxylation sites is 1. The molecule has 7 heteroatoms. The minimum Gasteiger partial charge on any atom is -0.478 e. The van der Waals surface area contributed by atoms with Crippen LogP contribution in [0, 0.1) is 5.82 Å². The van der Waals surface area contributed by atoms with Crippen molar-refractivity contribution in [1.82, 2.24) is 4.98 Å². The first-order valence-electron chi connectivity index (χ1n) is 5.19. The molecule has 0 unspecified atom stereocenters. The SMILES string of the molecule is Nc1cc(C(=O)O)cnc1Nc1c(F)cccc1Cl. The molecule has 0 aliphatic rings. The summed E-state index contributed by atoms with van der Waals surface area (Å²) in [6.07, 6.45) is 1.12. The monoisotopic (exact) mass is 281 g/mol. The Balaban J connectivity index is 2.36. The first-order chi connectivity index (χ1) is 8.99. The number of carbonyl (C=O) groups is 1. The summed E-state index contributed by atoms with van der Waals surface area (Å²) in [5.74, 6) is -1.57. The molecule has 2 aromatic rings. The predicted molar refractivity (Wildman–Crippen MR) is 70.3 cm³/mol. The molecule has 0 spiro atoms. The van der Waals surface area contributed by atoms with Crippen molar-refractivity contribution >= 4 is 34.8 Å². The van der Waals surface area contributed by atoms with Gasteiger partial charge >= 0.3 is 5.97 Å². The number of nitrogen functional groups attached to an aromatic ring is 1. The Labute approximate surface area is 112 Å². The second-order valence-corrected chi connectivity index (χ2v) is 4.10. The van der Waals surface area contributed by atoms with E-state index in [-0.39, 0.29) is 27.8 Å². The van der Waals surface area contributed by atoms with Crippen LogP contribution < -0.4 is 11.1 Å². The topological polar surface area (TPSA) is 88.2 Å². The van der Waals surface area contributed by atoms with Crippen LogP contribution >= 0.6 is 11.6 Å². The molecular formula is C12H9ClFN3O2. The van der Waals surface area contributed by atoms with Gasteiger partial charge in [-0.15, -0.1) is 0 Å². The van der Waals surface area contributed by atoms with Gasteiger partial charge in [-0.1, -0.05) is 17.7 Å². The van der Waals surface area contributed by atoms with E-state index in [9.17, 15) is 9.18 Å². The molecule has 5 nitrogen and oxygen atoms in total. The first-order valence-corrected chi connectivity index (χ1v) is 5.56. The van der Waals surface area contributed by atoms with Crippen molar-refractivity contribution in [3.63, 3.8) is 0 Å². The fraction of sp³-hybridized carbons (Fsp3) is 0. The van der Waals surface area contributed by atoms with E-state index in [1.165, 1.54) is 24.3 Å². The molecule has 4 N–H and O–H groups in total. The van der Waals surface area contributed by atoms with Crippen molar-refractivity contribution in [2.75, 3.05) is 11.1 Å². The molecule has 0 bridgehead atoms. The van der Waals surface area contributed by atoms with Crippen molar-refractivity contribution in [2.45, 2.75) is 0 Å². The van der Waals surface area contributed by atoms with Crippen molar-refractivity contribution in [3.05, 3.63) is 46.9 Å². The molecule has 19 heavy (non-hydrogen) atoms. The van der Waals surface area contributed by atoms with E-state index in [1.54, 1.807) is 0 Å². The molecule has 0 saturated carbocycles. The van der Waals surface area contributed by atoms with Crippen LogP contribution in [0.2, 0.25) is 5.02 Å². The quantitative estimate of drug-likeness (QED) is 0.805. The normalized spacial score (nSPS) is 10.2. The fourth-order valence-corrected chi connectivity index (χ4v) is 1.65. The van der Waals surface area contributed by atoms with Crippen LogP contribution in [-0.2, 0) is 0 Å². The van der Waals surface area contributed by atoms with Gasteiger partial charge in [0, 0.05) is 6.20 Å². The molecule has 0 aliphatic heterocycles. The number of hydrogen-bond acceptors (Lipinski definition) is 4. The number of rotatable bonds is 3. The van der Waals surface area contributed by atoms with E-state index in [2.05, 4.69) is 10.3 Å². The van der Waals surface area contributed by atoms with Crippen LogP contribution in [0.15, 0.2) is 30.5 Å². The Morgan fingerprint density at radius 2 is 2.21 bits per heavy atom. The average Bonchev–Trinajstić information content (AvgIpc) is 2.35. The molecule has 0 aliphatic carbocycles. The minimum absolute atomic E-state index is 0.0337. The molecule has 98 valence electrons. The lowest BCUT2D eigenvalue weighted by atomic mass is 10.2. The van der Waals surface area contributed by atoms with Crippen LogP contribution in [0.25, 0.3) is 0 Å². The Morgan fingerprint density at radius 1 is 1.47 bits per heavy atom. The number of nitrogens with two attached hydrogens (primary N) is 1. The summed E-state index contributed by atoms with van der Waals surface area (Å²) >= 11 is 5.85. The second-order valence-electron chi connectivity index (χ2n) is 3.69. The number of hydrogen-bond donors (Lipinski definition) is 3. The maximum atomic E-state index is 13.6. The van der Waals surface area contributed by atoms with Gasteiger partial charge in [0.15, 0.2) is 5.82 Å². The van der Waals surface area contributed by atoms with Crippen LogP contribution in [0.1, 0.15) is 10.4 Å². The zero-order valence-electron chi connectivity index (χ0n) is 9.52. The lowest BCUT2D eigenvalue weighted by Crippen LogP contribution is -2.05. The van der Waals surface area contributed by atoms with E-state index in [1.807, 2.05) is 0 Å². The van der Waals surface area contributed by atoms with E-state index in [0.717, 1.165) is 6.20 Å². The van der Waals surface area contributed by atoms with E-state index < -0.39 is 11.8 Å². The minimum atomic E-state index is -1.14. The van der Waals surface area contributed by atoms with Gasteiger partial charge in [0.1, 0.15) is 5.82 Å². The highest BCUT2D eigenvalue weighted by atomic mass is 35.5. The summed E-state index contributed by atoms with van der Waals surface area (Å²) in [5, 5.41) is 11.6. The van der Waals surface area contributed by atoms with Crippen LogP contribution in [0.3, 0.4) is 0 Å². The zero-order valence-corrected chi connectivity index (χ0v) is 10.3. The van der Waals surface area contributed by atoms with Gasteiger partial charge in [-0.3, -0.25) is 0 Å². The summed E-state index contributed by atoms with van der Waals surface area (Å²) in [6, 6.07) is 5.43. The Morgan fingerprint density at radius 3 is 2.79 bits per heavy atom. The maximum absolute atomic E-state index is 13.6. The van der Waals surface area contributed by atoms with Crippen LogP contribution in [0.4, 0.5) is 21.6 Å². The summed E-state index contributed by atoms with van der Waals surface area (Å²) in [5.41, 5.74) is 5.72. The number of nitrogens with zero attached hydrogens (tertiary/aromatic N) is 1. The molecule has 0 saturated heterocycles. The zero-order chi connectivity index (χ0) is 14.0. The van der Waals surface area contributed by atoms with Gasteiger partial charge in [0.25, 0.3) is 0 Å². The molecule has 2 rings (SSSR count). The van der Waals surface area contributed by atoms with E-state index >= 15 is 0 Å². The smallest absolute Gasteiger partial charge is 0.337 e. The third kappa shape index (κ3) is 2.74. The largest absolute Gasteiger partial charge is 0.478 e. The highest BCUT2D eigenvalue weighted by molar-refractivity contribution is 6.33. The van der Waals surface area contributed by atoms with E-state index in [0.29, 0.717) is 0 Å². The predicted octanol–water partition coefficient (Wildman–Crippen LogP) is 2.90. The van der Waals surface area contributed by atoms with Gasteiger partial charge < -0.3 is 16.2 Å². The van der Waals surface area contributed by atoms with E-state index in [4.69, 9.17) is 22.4 Å². The van der Waals surface area contributed by atoms with Crippen molar-refractivity contribution in [3.8, 4) is 0 Å². The van der Waals surface area contributed by atoms with Crippen molar-refractivity contribution < 1.29 is 14.3 Å². The number of carboxylic acid groups (broad SMARTS) is 1. The number of benzene rings is 1. The Bertz CT molecular complexity index is 629. The van der Waals surface area contributed by atoms with Crippen LogP contribution in [0.5, 0.6) is 0 Å².